The minimum atomic E-state index is -3.43. The quantitative estimate of drug-likeness (QED) is 0.360. The van der Waals surface area contributed by atoms with Crippen molar-refractivity contribution < 1.29 is 26.8 Å². The average molecular weight is 643 g/mol. The first-order valence-electron chi connectivity index (χ1n) is 13.9. The number of sulfonamides is 1. The lowest BCUT2D eigenvalue weighted by Crippen LogP contribution is -2.55. The van der Waals surface area contributed by atoms with Gasteiger partial charge in [-0.15, -0.1) is 0 Å². The lowest BCUT2D eigenvalue weighted by molar-refractivity contribution is -0.123. The van der Waals surface area contributed by atoms with Crippen LogP contribution in [0, 0.1) is 23.0 Å². The molecule has 4 atom stereocenters. The molecule has 2 aromatic carbocycles. The lowest BCUT2D eigenvalue weighted by atomic mass is 9.61. The number of amides is 1. The Kier molecular flexibility index (Phi) is 7.84. The van der Waals surface area contributed by atoms with Gasteiger partial charge in [0.2, 0.25) is 15.9 Å². The average Bonchev–Trinajstić information content (AvgIpc) is 3.28. The van der Waals surface area contributed by atoms with Crippen molar-refractivity contribution in [1.82, 2.24) is 10.0 Å². The molecule has 1 aliphatic carbocycles. The zero-order valence-electron chi connectivity index (χ0n) is 24.1. The summed E-state index contributed by atoms with van der Waals surface area (Å²) < 4.78 is 57.2. The second kappa shape index (κ2) is 10.5. The summed E-state index contributed by atoms with van der Waals surface area (Å²) in [4.78, 5) is 28.3. The summed E-state index contributed by atoms with van der Waals surface area (Å²) in [6.07, 6.45) is 2.51. The van der Waals surface area contributed by atoms with Gasteiger partial charge in [-0.1, -0.05) is 56.1 Å². The van der Waals surface area contributed by atoms with E-state index in [0.29, 0.717) is 30.5 Å². The Morgan fingerprint density at radius 1 is 1.14 bits per heavy atom. The van der Waals surface area contributed by atoms with Crippen LogP contribution >= 0.6 is 23.2 Å². The van der Waals surface area contributed by atoms with E-state index >= 15 is 8.78 Å². The van der Waals surface area contributed by atoms with Crippen LogP contribution in [0.4, 0.5) is 14.5 Å². The summed E-state index contributed by atoms with van der Waals surface area (Å²) in [6, 6.07) is 5.36. The van der Waals surface area contributed by atoms with Crippen LogP contribution in [-0.2, 0) is 25.0 Å². The highest BCUT2D eigenvalue weighted by Gasteiger charge is 2.66. The Morgan fingerprint density at radius 3 is 2.43 bits per heavy atom. The van der Waals surface area contributed by atoms with E-state index in [9.17, 15) is 18.0 Å². The minimum Gasteiger partial charge on any atom is -0.325 e. The maximum Gasteiger partial charge on any atom is 0.237 e. The van der Waals surface area contributed by atoms with Gasteiger partial charge in [-0.25, -0.2) is 21.9 Å². The standard InChI is InChI=1S/C30H35Cl2F2N3O4S/c1-28(2,3)14-23-30(17-10-20(33)19(32)11-21(17)35-27(30)39)24(16-7-6-8-18(31)25(16)34)26(36-23)22(38)9-15-12-29(4,13-15)37-42(5,40)41/h6-8,10-11,15,23-24,26,36-37H,9,12-14H2,1-5H3,(H,35,39)/t15?,23-,24+,26+,29?,30+/m1/s1. The fourth-order valence-electron chi connectivity index (χ4n) is 7.52. The molecule has 42 heavy (non-hydrogen) atoms. The number of Topliss-reactive ketones (excluding diaryl/α,β-unsaturated/α-hetero) is 1. The molecule has 1 amide bonds. The molecule has 2 aliphatic heterocycles. The molecule has 0 radical (unpaired) electrons. The number of fused-ring (bicyclic) bond motifs is 2. The molecular weight excluding hydrogens is 607 g/mol. The number of rotatable bonds is 7. The van der Waals surface area contributed by atoms with E-state index in [-0.39, 0.29) is 39.1 Å². The highest BCUT2D eigenvalue weighted by molar-refractivity contribution is 7.88. The topological polar surface area (TPSA) is 104 Å². The van der Waals surface area contributed by atoms with E-state index in [1.807, 2.05) is 20.8 Å². The third kappa shape index (κ3) is 5.49. The number of hydrogen-bond acceptors (Lipinski definition) is 5. The van der Waals surface area contributed by atoms with Gasteiger partial charge in [-0.3, -0.25) is 9.59 Å². The molecule has 1 spiro atoms. The van der Waals surface area contributed by atoms with Crippen molar-refractivity contribution in [3.63, 3.8) is 0 Å². The molecule has 3 aliphatic rings. The summed E-state index contributed by atoms with van der Waals surface area (Å²) in [6.45, 7) is 7.77. The maximum atomic E-state index is 15.9. The van der Waals surface area contributed by atoms with Gasteiger partial charge in [-0.05, 0) is 66.8 Å². The highest BCUT2D eigenvalue weighted by atomic mass is 35.5. The van der Waals surface area contributed by atoms with E-state index in [0.717, 1.165) is 6.26 Å². The Balaban J connectivity index is 1.62. The fourth-order valence-corrected chi connectivity index (χ4v) is 8.92. The normalized spacial score (nSPS) is 30.7. The molecule has 7 nitrogen and oxygen atoms in total. The SMILES string of the molecule is CC(C)(C)C[C@H]1N[C@@H](C(=O)CC2CC(C)(NS(C)(=O)=O)C2)[C@H](c2cccc(Cl)c2F)[C@@]12C(=O)Nc1cc(Cl)c(F)cc12. The van der Waals surface area contributed by atoms with Crippen LogP contribution in [-0.4, -0.2) is 44.0 Å². The number of carbonyl (C=O) groups is 2. The minimum absolute atomic E-state index is 0.0836. The van der Waals surface area contributed by atoms with Crippen molar-refractivity contribution in [2.75, 3.05) is 11.6 Å². The van der Waals surface area contributed by atoms with E-state index < -0.39 is 56.5 Å². The Morgan fingerprint density at radius 2 is 1.81 bits per heavy atom. The molecule has 2 fully saturated rings. The predicted molar refractivity (Wildman–Crippen MR) is 159 cm³/mol. The van der Waals surface area contributed by atoms with Gasteiger partial charge in [-0.2, -0.15) is 0 Å². The number of hydrogen-bond donors (Lipinski definition) is 3. The zero-order valence-corrected chi connectivity index (χ0v) is 26.4. The molecule has 0 unspecified atom stereocenters. The fraction of sp³-hybridized carbons (Fsp3) is 0.533. The molecule has 228 valence electrons. The monoisotopic (exact) mass is 641 g/mol. The van der Waals surface area contributed by atoms with Gasteiger partial charge < -0.3 is 10.6 Å². The van der Waals surface area contributed by atoms with Crippen LogP contribution in [0.1, 0.15) is 70.4 Å². The first kappa shape index (κ1) is 31.3. The van der Waals surface area contributed by atoms with Gasteiger partial charge >= 0.3 is 0 Å². The summed E-state index contributed by atoms with van der Waals surface area (Å²) in [5.74, 6) is -3.36. The third-order valence-corrected chi connectivity index (χ3v) is 10.2. The Bertz CT molecular complexity index is 1570. The van der Waals surface area contributed by atoms with Crippen LogP contribution in [0.25, 0.3) is 0 Å². The molecular formula is C30H35Cl2F2N3O4S. The van der Waals surface area contributed by atoms with Gasteiger partial charge in [0.25, 0.3) is 0 Å². The van der Waals surface area contributed by atoms with E-state index in [1.165, 1.54) is 24.3 Å². The van der Waals surface area contributed by atoms with Crippen LogP contribution in [0.2, 0.25) is 10.0 Å². The second-order valence-electron chi connectivity index (χ2n) is 13.6. The number of nitrogens with one attached hydrogen (secondary N) is 3. The van der Waals surface area contributed by atoms with Crippen LogP contribution in [0.3, 0.4) is 0 Å². The summed E-state index contributed by atoms with van der Waals surface area (Å²) >= 11 is 12.3. The van der Waals surface area contributed by atoms with Crippen LogP contribution < -0.4 is 15.4 Å². The lowest BCUT2D eigenvalue weighted by Gasteiger charge is -2.45. The van der Waals surface area contributed by atoms with Gasteiger partial charge in [0.15, 0.2) is 5.78 Å². The number of halogens is 4. The highest BCUT2D eigenvalue weighted by Crippen LogP contribution is 2.58. The van der Waals surface area contributed by atoms with Gasteiger partial charge in [0.1, 0.15) is 17.0 Å². The number of carbonyl (C=O) groups excluding carboxylic acids is 2. The van der Waals surface area contributed by atoms with Crippen LogP contribution in [0.15, 0.2) is 30.3 Å². The molecule has 0 aromatic heterocycles. The van der Waals surface area contributed by atoms with Crippen molar-refractivity contribution in [3.8, 4) is 0 Å². The number of benzene rings is 2. The Hall–Kier alpha value is -2.11. The molecule has 0 bridgehead atoms. The number of anilines is 1. The van der Waals surface area contributed by atoms with Gasteiger partial charge in [0, 0.05) is 29.6 Å². The number of ketones is 1. The molecule has 1 saturated carbocycles. The molecule has 1 saturated heterocycles. The maximum absolute atomic E-state index is 15.9. The van der Waals surface area contributed by atoms with Crippen molar-refractivity contribution >= 4 is 50.6 Å². The van der Waals surface area contributed by atoms with Crippen molar-refractivity contribution in [3.05, 3.63) is 63.1 Å². The smallest absolute Gasteiger partial charge is 0.237 e. The van der Waals surface area contributed by atoms with E-state index in [4.69, 9.17) is 23.2 Å². The largest absolute Gasteiger partial charge is 0.325 e. The predicted octanol–water partition coefficient (Wildman–Crippen LogP) is 5.70. The molecule has 3 N–H and O–H groups in total. The molecule has 2 heterocycles. The first-order chi connectivity index (χ1) is 19.3. The zero-order chi connectivity index (χ0) is 31.0. The first-order valence-corrected chi connectivity index (χ1v) is 16.5. The molecule has 5 rings (SSSR count). The summed E-state index contributed by atoms with van der Waals surface area (Å²) in [5, 5.41) is 5.92. The van der Waals surface area contributed by atoms with Crippen molar-refractivity contribution in [1.29, 1.82) is 0 Å². The second-order valence-corrected chi connectivity index (χ2v) is 16.2. The van der Waals surface area contributed by atoms with Crippen molar-refractivity contribution in [2.24, 2.45) is 11.3 Å². The van der Waals surface area contributed by atoms with E-state index in [2.05, 4.69) is 15.4 Å². The van der Waals surface area contributed by atoms with Crippen molar-refractivity contribution in [2.45, 2.75) is 82.3 Å². The molecule has 2 aromatic rings. The third-order valence-electron chi connectivity index (χ3n) is 8.76. The van der Waals surface area contributed by atoms with Gasteiger partial charge in [0.05, 0.1) is 22.3 Å². The Labute approximate surface area is 255 Å². The van der Waals surface area contributed by atoms with Crippen LogP contribution in [0.5, 0.6) is 0 Å². The summed E-state index contributed by atoms with van der Waals surface area (Å²) in [7, 11) is -3.43. The molecule has 12 heteroatoms. The van der Waals surface area contributed by atoms with E-state index in [1.54, 1.807) is 13.0 Å². The summed E-state index contributed by atoms with van der Waals surface area (Å²) in [5.41, 5.74) is -1.83.